The van der Waals surface area contributed by atoms with Crippen molar-refractivity contribution in [3.05, 3.63) is 42.1 Å². The Balaban J connectivity index is 1.44. The summed E-state index contributed by atoms with van der Waals surface area (Å²) in [6.07, 6.45) is 0.797. The van der Waals surface area contributed by atoms with Gasteiger partial charge >= 0.3 is 6.18 Å². The lowest BCUT2D eigenvalue weighted by Crippen LogP contribution is -2.47. The average Bonchev–Trinajstić information content (AvgIpc) is 3.45. The van der Waals surface area contributed by atoms with E-state index in [1.165, 1.54) is 30.3 Å². The molecule has 3 N–H and O–H groups in total. The van der Waals surface area contributed by atoms with Crippen LogP contribution in [0.25, 0.3) is 0 Å². The summed E-state index contributed by atoms with van der Waals surface area (Å²) in [4.78, 5) is 49.6. The molecule has 4 rings (SSSR count). The van der Waals surface area contributed by atoms with Crippen molar-refractivity contribution in [2.45, 2.75) is 38.0 Å². The molecular weight excluding hydrogens is 455 g/mol. The highest BCUT2D eigenvalue weighted by Crippen LogP contribution is 2.48. The number of Topliss-reactive ketones (excluding diaryl/α,β-unsaturated/α-hetero) is 1. The van der Waals surface area contributed by atoms with Crippen molar-refractivity contribution < 1.29 is 27.6 Å². The van der Waals surface area contributed by atoms with E-state index in [-0.39, 0.29) is 30.0 Å². The second-order valence-corrected chi connectivity index (χ2v) is 8.10. The van der Waals surface area contributed by atoms with Gasteiger partial charge in [0.15, 0.2) is 17.3 Å². The molecule has 2 aromatic heterocycles. The number of hydrogen-bond donors (Lipinski definition) is 3. The lowest BCUT2D eigenvalue weighted by atomic mass is 10.1. The van der Waals surface area contributed by atoms with E-state index in [1.54, 1.807) is 0 Å². The van der Waals surface area contributed by atoms with Crippen LogP contribution in [0, 0.1) is 11.3 Å². The number of hydrogen-bond acceptors (Lipinski definition) is 8. The molecule has 1 aliphatic carbocycles. The van der Waals surface area contributed by atoms with E-state index < -0.39 is 35.5 Å². The molecule has 0 aromatic carbocycles. The molecule has 2 fully saturated rings. The van der Waals surface area contributed by atoms with Gasteiger partial charge in [0.2, 0.25) is 11.8 Å². The standard InChI is InChI=1S/C21H20F3N7O3/c1-10(32)19(25)12-2-3-26-6-13(12)28-9-18(33)31-14-4-11(14)5-15(31)20(34)30-17-8-27-7-16(29-17)21(22,23)24/h2-3,6-8,11,14-15,25,28H,4-5,9H2,1H3,(H,29,30,34)/t11?,14-,15+/m1/s1. The zero-order valence-corrected chi connectivity index (χ0v) is 17.9. The first-order valence-corrected chi connectivity index (χ1v) is 10.3. The molecule has 1 unspecified atom stereocenters. The minimum atomic E-state index is -4.71. The number of anilines is 2. The van der Waals surface area contributed by atoms with E-state index in [1.807, 2.05) is 0 Å². The molecule has 2 aliphatic rings. The molecule has 1 saturated carbocycles. The minimum absolute atomic E-state index is 0.124. The van der Waals surface area contributed by atoms with Crippen molar-refractivity contribution in [1.82, 2.24) is 19.9 Å². The molecule has 10 nitrogen and oxygen atoms in total. The maximum Gasteiger partial charge on any atom is 0.434 e. The molecule has 1 aliphatic heterocycles. The molecule has 13 heteroatoms. The SMILES string of the molecule is CC(=O)C(=N)c1ccncc1NCC(=O)N1[C@@H]2CC2C[C@H]1C(=O)Nc1cncc(C(F)(F)F)n1. The van der Waals surface area contributed by atoms with Crippen molar-refractivity contribution in [3.63, 3.8) is 0 Å². The third-order valence-corrected chi connectivity index (χ3v) is 5.74. The third kappa shape index (κ3) is 4.72. The van der Waals surface area contributed by atoms with E-state index in [0.717, 1.165) is 12.6 Å². The fraction of sp³-hybridized carbons (Fsp3) is 0.381. The largest absolute Gasteiger partial charge is 0.434 e. The summed E-state index contributed by atoms with van der Waals surface area (Å²) < 4.78 is 38.6. The summed E-state index contributed by atoms with van der Waals surface area (Å²) in [7, 11) is 0. The lowest BCUT2D eigenvalue weighted by Gasteiger charge is -2.27. The summed E-state index contributed by atoms with van der Waals surface area (Å²) in [5.41, 5.74) is -0.860. The van der Waals surface area contributed by atoms with Crippen LogP contribution >= 0.6 is 0 Å². The van der Waals surface area contributed by atoms with Gasteiger partial charge in [0.25, 0.3) is 0 Å². The molecule has 178 valence electrons. The molecule has 2 aromatic rings. The Morgan fingerprint density at radius 2 is 1.94 bits per heavy atom. The van der Waals surface area contributed by atoms with Crippen LogP contribution in [0.15, 0.2) is 30.9 Å². The molecule has 3 atom stereocenters. The van der Waals surface area contributed by atoms with Crippen LogP contribution in [-0.2, 0) is 20.6 Å². The van der Waals surface area contributed by atoms with Crippen LogP contribution in [0.4, 0.5) is 24.7 Å². The number of alkyl halides is 3. The van der Waals surface area contributed by atoms with E-state index in [4.69, 9.17) is 5.41 Å². The van der Waals surface area contributed by atoms with Gasteiger partial charge in [-0.2, -0.15) is 13.2 Å². The Bertz CT molecular complexity index is 1170. The molecular formula is C21H20F3N7O3. The number of halogens is 3. The molecule has 3 heterocycles. The van der Waals surface area contributed by atoms with Gasteiger partial charge in [0.05, 0.1) is 30.8 Å². The lowest BCUT2D eigenvalue weighted by molar-refractivity contribution is -0.141. The van der Waals surface area contributed by atoms with Crippen LogP contribution in [0.2, 0.25) is 0 Å². The monoisotopic (exact) mass is 475 g/mol. The number of rotatable bonds is 7. The smallest absolute Gasteiger partial charge is 0.374 e. The maximum absolute atomic E-state index is 13.0. The highest BCUT2D eigenvalue weighted by atomic mass is 19.4. The maximum atomic E-state index is 13.0. The molecule has 1 saturated heterocycles. The minimum Gasteiger partial charge on any atom is -0.374 e. The molecule has 0 spiro atoms. The summed E-state index contributed by atoms with van der Waals surface area (Å²) >= 11 is 0. The summed E-state index contributed by atoms with van der Waals surface area (Å²) in [6.45, 7) is 1.04. The van der Waals surface area contributed by atoms with Gasteiger partial charge in [-0.3, -0.25) is 29.8 Å². The van der Waals surface area contributed by atoms with E-state index in [0.29, 0.717) is 23.9 Å². The summed E-state index contributed by atoms with van der Waals surface area (Å²) in [6, 6.07) is 0.496. The number of amides is 2. The topological polar surface area (TPSA) is 141 Å². The van der Waals surface area contributed by atoms with Crippen LogP contribution in [0.5, 0.6) is 0 Å². The number of piperidine rings is 1. The van der Waals surface area contributed by atoms with E-state index in [2.05, 4.69) is 25.6 Å². The Morgan fingerprint density at radius 3 is 2.65 bits per heavy atom. The van der Waals surface area contributed by atoms with Crippen LogP contribution in [-0.4, -0.2) is 61.8 Å². The van der Waals surface area contributed by atoms with Crippen LogP contribution < -0.4 is 10.6 Å². The number of likely N-dealkylation sites (tertiary alicyclic amines) is 1. The van der Waals surface area contributed by atoms with Crippen molar-refractivity contribution in [3.8, 4) is 0 Å². The Labute approximate surface area is 191 Å². The Kier molecular flexibility index (Phi) is 6.02. The van der Waals surface area contributed by atoms with Crippen molar-refractivity contribution in [2.24, 2.45) is 5.92 Å². The summed E-state index contributed by atoms with van der Waals surface area (Å²) in [5.74, 6) is -1.70. The van der Waals surface area contributed by atoms with E-state index >= 15 is 0 Å². The number of nitrogens with zero attached hydrogens (tertiary/aromatic N) is 4. The fourth-order valence-corrected chi connectivity index (χ4v) is 4.03. The van der Waals surface area contributed by atoms with Crippen LogP contribution in [0.1, 0.15) is 31.0 Å². The van der Waals surface area contributed by atoms with Crippen molar-refractivity contribution >= 4 is 34.8 Å². The number of carbonyl (C=O) groups is 3. The number of aromatic nitrogens is 3. The number of pyridine rings is 1. The predicted molar refractivity (Wildman–Crippen MR) is 113 cm³/mol. The number of carbonyl (C=O) groups excluding carboxylic acids is 3. The van der Waals surface area contributed by atoms with Crippen molar-refractivity contribution in [1.29, 1.82) is 5.41 Å². The number of fused-ring (bicyclic) bond motifs is 1. The Hall–Kier alpha value is -3.90. The van der Waals surface area contributed by atoms with Gasteiger partial charge < -0.3 is 15.5 Å². The Morgan fingerprint density at radius 1 is 1.18 bits per heavy atom. The van der Waals surface area contributed by atoms with Gasteiger partial charge in [0, 0.05) is 24.7 Å². The second kappa shape index (κ2) is 8.80. The summed E-state index contributed by atoms with van der Waals surface area (Å²) in [5, 5.41) is 13.1. The highest BCUT2D eigenvalue weighted by molar-refractivity contribution is 6.45. The van der Waals surface area contributed by atoms with Crippen molar-refractivity contribution in [2.75, 3.05) is 17.2 Å². The second-order valence-electron chi connectivity index (χ2n) is 8.10. The average molecular weight is 475 g/mol. The quantitative estimate of drug-likeness (QED) is 0.519. The number of nitrogens with one attached hydrogen (secondary N) is 3. The van der Waals surface area contributed by atoms with Gasteiger partial charge in [-0.25, -0.2) is 4.98 Å². The zero-order valence-electron chi connectivity index (χ0n) is 17.9. The molecule has 0 radical (unpaired) electrons. The van der Waals surface area contributed by atoms with Gasteiger partial charge in [0.1, 0.15) is 11.8 Å². The van der Waals surface area contributed by atoms with Gasteiger partial charge in [-0.05, 0) is 24.8 Å². The molecule has 34 heavy (non-hydrogen) atoms. The third-order valence-electron chi connectivity index (χ3n) is 5.74. The molecule has 2 amide bonds. The zero-order chi connectivity index (χ0) is 24.6. The highest BCUT2D eigenvalue weighted by Gasteiger charge is 2.56. The first-order valence-electron chi connectivity index (χ1n) is 10.3. The van der Waals surface area contributed by atoms with Gasteiger partial charge in [-0.1, -0.05) is 0 Å². The molecule has 0 bridgehead atoms. The van der Waals surface area contributed by atoms with E-state index in [9.17, 15) is 27.6 Å². The predicted octanol–water partition coefficient (Wildman–Crippen LogP) is 1.89. The first kappa shape index (κ1) is 23.3. The van der Waals surface area contributed by atoms with Gasteiger partial charge in [-0.15, -0.1) is 0 Å². The number of ketones is 1. The first-order chi connectivity index (χ1) is 16.1. The fourth-order valence-electron chi connectivity index (χ4n) is 4.03. The van der Waals surface area contributed by atoms with Crippen LogP contribution in [0.3, 0.4) is 0 Å². The normalized spacial score (nSPS) is 20.9.